The molecule has 2 aliphatic rings. The Morgan fingerprint density at radius 3 is 2.78 bits per heavy atom. The van der Waals surface area contributed by atoms with Crippen LogP contribution < -0.4 is 19.9 Å². The first-order valence-electron chi connectivity index (χ1n) is 11.7. The third-order valence-corrected chi connectivity index (χ3v) is 6.25. The number of aryl methyl sites for hydroxylation is 1. The van der Waals surface area contributed by atoms with Gasteiger partial charge in [-0.1, -0.05) is 6.92 Å². The fourth-order valence-electron chi connectivity index (χ4n) is 4.27. The Balaban J connectivity index is 1.59. The number of aliphatic hydroxyl groups is 2. The number of amides is 2. The lowest BCUT2D eigenvalue weighted by molar-refractivity contribution is -0.168. The number of nitrogens with zero attached hydrogens (tertiary/aromatic N) is 5. The lowest BCUT2D eigenvalue weighted by Crippen LogP contribution is -2.49. The number of halogens is 3. The highest BCUT2D eigenvalue weighted by Gasteiger charge is 2.43. The Kier molecular flexibility index (Phi) is 7.50. The monoisotopic (exact) mass is 524 g/mol. The highest BCUT2D eigenvalue weighted by Crippen LogP contribution is 2.41. The van der Waals surface area contributed by atoms with Gasteiger partial charge in [0.05, 0.1) is 24.3 Å². The average molecular weight is 525 g/mol. The van der Waals surface area contributed by atoms with Crippen molar-refractivity contribution in [3.05, 3.63) is 29.8 Å². The van der Waals surface area contributed by atoms with Crippen LogP contribution >= 0.6 is 0 Å². The number of anilines is 3. The number of aliphatic hydroxyl groups excluding tert-OH is 2. The van der Waals surface area contributed by atoms with Crippen molar-refractivity contribution in [1.29, 1.82) is 0 Å². The van der Waals surface area contributed by atoms with Crippen molar-refractivity contribution in [3.8, 4) is 5.75 Å². The molecule has 3 N–H and O–H groups in total. The minimum absolute atomic E-state index is 0.143. The van der Waals surface area contributed by atoms with E-state index in [-0.39, 0.29) is 30.1 Å². The van der Waals surface area contributed by atoms with Crippen LogP contribution in [-0.4, -0.2) is 81.6 Å². The molecule has 0 aromatic carbocycles. The molecule has 2 aromatic heterocycles. The molecule has 0 unspecified atom stereocenters. The van der Waals surface area contributed by atoms with Crippen molar-refractivity contribution in [3.63, 3.8) is 0 Å². The van der Waals surface area contributed by atoms with Crippen molar-refractivity contribution in [2.45, 2.75) is 45.0 Å². The van der Waals surface area contributed by atoms with E-state index in [4.69, 9.17) is 9.84 Å². The molecule has 4 rings (SSSR count). The molecular formula is C23H27F3N6O5. The van der Waals surface area contributed by atoms with Crippen LogP contribution in [0.5, 0.6) is 5.75 Å². The number of fused-ring (bicyclic) bond motifs is 4. The van der Waals surface area contributed by atoms with E-state index >= 15 is 0 Å². The zero-order valence-corrected chi connectivity index (χ0v) is 20.2. The largest absolute Gasteiger partial charge is 0.491 e. The summed E-state index contributed by atoms with van der Waals surface area (Å²) >= 11 is 0. The second-order valence-electron chi connectivity index (χ2n) is 9.09. The summed E-state index contributed by atoms with van der Waals surface area (Å²) in [7, 11) is 0. The SMILES string of the molecule is Cc1nc(C(=O)C[C@H](C)C(F)(F)F)nc2c1N1CC[C@@H](C1)N2C(=O)Nc1cc(OC[C@H](O)CO)ccn1. The van der Waals surface area contributed by atoms with Crippen molar-refractivity contribution < 1.29 is 37.7 Å². The van der Waals surface area contributed by atoms with Crippen LogP contribution in [0.4, 0.5) is 35.3 Å². The summed E-state index contributed by atoms with van der Waals surface area (Å²) in [6, 6.07) is 2.08. The normalized spacial score (nSPS) is 18.3. The maximum atomic E-state index is 13.4. The molecule has 2 aromatic rings. The highest BCUT2D eigenvalue weighted by atomic mass is 19.4. The van der Waals surface area contributed by atoms with Gasteiger partial charge in [0.15, 0.2) is 11.6 Å². The van der Waals surface area contributed by atoms with Gasteiger partial charge in [-0.2, -0.15) is 13.2 Å². The summed E-state index contributed by atoms with van der Waals surface area (Å²) in [6.45, 7) is 3.05. The lowest BCUT2D eigenvalue weighted by atomic mass is 10.0. The minimum Gasteiger partial charge on any atom is -0.491 e. The Morgan fingerprint density at radius 1 is 1.32 bits per heavy atom. The predicted molar refractivity (Wildman–Crippen MR) is 126 cm³/mol. The smallest absolute Gasteiger partial charge is 0.391 e. The number of Topliss-reactive ketones (excluding diaryl/α,β-unsaturated/α-hetero) is 1. The molecule has 1 saturated heterocycles. The van der Waals surface area contributed by atoms with E-state index in [2.05, 4.69) is 20.3 Å². The summed E-state index contributed by atoms with van der Waals surface area (Å²) in [4.78, 5) is 42.0. The van der Waals surface area contributed by atoms with Gasteiger partial charge in [0.2, 0.25) is 5.78 Å². The Morgan fingerprint density at radius 2 is 2.08 bits per heavy atom. The first-order chi connectivity index (χ1) is 17.5. The molecule has 0 aliphatic carbocycles. The van der Waals surface area contributed by atoms with Gasteiger partial charge in [-0.05, 0) is 19.4 Å². The number of hydrogen-bond acceptors (Lipinski definition) is 9. The van der Waals surface area contributed by atoms with Crippen molar-refractivity contribution in [2.24, 2.45) is 5.92 Å². The Hall–Kier alpha value is -3.52. The number of alkyl halides is 3. The molecular weight excluding hydrogens is 497 g/mol. The van der Waals surface area contributed by atoms with Gasteiger partial charge in [0.25, 0.3) is 0 Å². The molecule has 11 nitrogen and oxygen atoms in total. The van der Waals surface area contributed by atoms with Crippen LogP contribution in [0.2, 0.25) is 0 Å². The summed E-state index contributed by atoms with van der Waals surface area (Å²) in [5, 5.41) is 21.1. The number of ketones is 1. The topological polar surface area (TPSA) is 141 Å². The van der Waals surface area contributed by atoms with E-state index in [1.807, 2.05) is 4.90 Å². The third-order valence-electron chi connectivity index (χ3n) is 6.25. The van der Waals surface area contributed by atoms with E-state index in [1.165, 1.54) is 23.2 Å². The maximum absolute atomic E-state index is 13.4. The molecule has 2 aliphatic heterocycles. The molecule has 0 saturated carbocycles. The zero-order chi connectivity index (χ0) is 26.9. The number of hydrogen-bond donors (Lipinski definition) is 3. The third kappa shape index (κ3) is 5.74. The maximum Gasteiger partial charge on any atom is 0.391 e. The van der Waals surface area contributed by atoms with E-state index in [9.17, 15) is 27.9 Å². The molecule has 3 atom stereocenters. The first kappa shape index (κ1) is 26.5. The zero-order valence-electron chi connectivity index (χ0n) is 20.2. The van der Waals surface area contributed by atoms with Crippen molar-refractivity contribution in [2.75, 3.05) is 41.4 Å². The van der Waals surface area contributed by atoms with Gasteiger partial charge in [0, 0.05) is 31.8 Å². The number of pyridine rings is 1. The van der Waals surface area contributed by atoms with Gasteiger partial charge in [0.1, 0.15) is 30.0 Å². The molecule has 2 bridgehead atoms. The fraction of sp³-hybridized carbons (Fsp3) is 0.522. The van der Waals surface area contributed by atoms with Crippen molar-refractivity contribution >= 4 is 29.1 Å². The number of aromatic nitrogens is 3. The number of ether oxygens (including phenoxy) is 1. The van der Waals surface area contributed by atoms with Crippen LogP contribution in [0.15, 0.2) is 18.3 Å². The highest BCUT2D eigenvalue weighted by molar-refractivity contribution is 6.05. The summed E-state index contributed by atoms with van der Waals surface area (Å²) < 4.78 is 44.4. The standard InChI is InChI=1S/C23H27F3N6O5/c1-12(23(24,25)26)7-17(35)20-28-13(2)19-21(30-20)32(14-4-6-31(19)9-14)22(36)29-18-8-16(3-5-27-18)37-11-15(34)10-33/h3,5,8,12,14-15,33-34H,4,6-7,9-11H2,1-2H3,(H,27,29,36)/t12-,14-,15+/m0/s1. The van der Waals surface area contributed by atoms with Crippen molar-refractivity contribution in [1.82, 2.24) is 15.0 Å². The number of urea groups is 1. The lowest BCUT2D eigenvalue weighted by Gasteiger charge is -2.36. The van der Waals surface area contributed by atoms with Gasteiger partial charge in [-0.3, -0.25) is 15.0 Å². The molecule has 1 fully saturated rings. The van der Waals surface area contributed by atoms with E-state index in [0.717, 1.165) is 6.92 Å². The van der Waals surface area contributed by atoms with Crippen LogP contribution in [0.25, 0.3) is 0 Å². The summed E-state index contributed by atoms with van der Waals surface area (Å²) in [5.74, 6) is -2.50. The second kappa shape index (κ2) is 10.5. The molecule has 200 valence electrons. The van der Waals surface area contributed by atoms with Crippen LogP contribution in [-0.2, 0) is 0 Å². The van der Waals surface area contributed by atoms with Gasteiger partial charge in [-0.25, -0.2) is 19.7 Å². The predicted octanol–water partition coefficient (Wildman–Crippen LogP) is 2.31. The molecule has 0 radical (unpaired) electrons. The van der Waals surface area contributed by atoms with Crippen LogP contribution in [0.1, 0.15) is 36.1 Å². The summed E-state index contributed by atoms with van der Waals surface area (Å²) in [6.07, 6.45) is -4.39. The number of carbonyl (C=O) groups is 2. The van der Waals surface area contributed by atoms with Crippen LogP contribution in [0.3, 0.4) is 0 Å². The molecule has 37 heavy (non-hydrogen) atoms. The first-order valence-corrected chi connectivity index (χ1v) is 11.7. The molecule has 0 spiro atoms. The Labute approximate surface area is 210 Å². The minimum atomic E-state index is -4.53. The number of rotatable bonds is 8. The van der Waals surface area contributed by atoms with Gasteiger partial charge in [-0.15, -0.1) is 0 Å². The number of carbonyl (C=O) groups excluding carboxylic acids is 2. The molecule has 14 heteroatoms. The van der Waals surface area contributed by atoms with Crippen LogP contribution in [0, 0.1) is 12.8 Å². The fourth-order valence-corrected chi connectivity index (χ4v) is 4.27. The van der Waals surface area contributed by atoms with E-state index in [1.54, 1.807) is 6.92 Å². The molecule has 2 amide bonds. The second-order valence-corrected chi connectivity index (χ2v) is 9.09. The molecule has 4 heterocycles. The van der Waals surface area contributed by atoms with E-state index < -0.39 is 43.0 Å². The number of nitrogens with one attached hydrogen (secondary N) is 1. The van der Waals surface area contributed by atoms with E-state index in [0.29, 0.717) is 36.6 Å². The van der Waals surface area contributed by atoms with Gasteiger partial charge < -0.3 is 19.8 Å². The Bertz CT molecular complexity index is 1180. The average Bonchev–Trinajstić information content (AvgIpc) is 3.24. The summed E-state index contributed by atoms with van der Waals surface area (Å²) in [5.41, 5.74) is 0.939. The van der Waals surface area contributed by atoms with Gasteiger partial charge >= 0.3 is 12.2 Å². The quantitative estimate of drug-likeness (QED) is 0.444.